The molecule has 1 fully saturated rings. The maximum atomic E-state index is 12.3. The van der Waals surface area contributed by atoms with Crippen LogP contribution in [-0.4, -0.2) is 38.0 Å². The molecule has 0 radical (unpaired) electrons. The molecule has 148 valence electrons. The largest absolute Gasteiger partial charge is 0.356 e. The monoisotopic (exact) mass is 388 g/mol. The number of aromatic nitrogens is 5. The number of aryl methyl sites for hydroxylation is 2. The third kappa shape index (κ3) is 3.10. The first-order chi connectivity index (χ1) is 14.0. The SMILES string of the molecule is Cc1cc(N2CCC3(CCc4c3nc(C)[nH]c4=O)CC2)nc(-c2cccnc2)n1. The van der Waals surface area contributed by atoms with E-state index in [1.54, 1.807) is 12.4 Å². The van der Waals surface area contributed by atoms with Gasteiger partial charge in [0.25, 0.3) is 5.56 Å². The normalized spacial score (nSPS) is 17.5. The topological polar surface area (TPSA) is 87.7 Å². The van der Waals surface area contributed by atoms with E-state index < -0.39 is 0 Å². The average molecular weight is 388 g/mol. The van der Waals surface area contributed by atoms with Gasteiger partial charge in [-0.05, 0) is 51.7 Å². The van der Waals surface area contributed by atoms with Crippen LogP contribution in [0, 0.1) is 13.8 Å². The Labute approximate surface area is 169 Å². The Morgan fingerprint density at radius 1 is 1.10 bits per heavy atom. The van der Waals surface area contributed by atoms with E-state index in [1.165, 1.54) is 0 Å². The van der Waals surface area contributed by atoms with E-state index in [2.05, 4.69) is 19.9 Å². The molecule has 29 heavy (non-hydrogen) atoms. The molecule has 5 rings (SSSR count). The van der Waals surface area contributed by atoms with Crippen LogP contribution in [-0.2, 0) is 11.8 Å². The average Bonchev–Trinajstić information content (AvgIpc) is 3.07. The summed E-state index contributed by atoms with van der Waals surface area (Å²) >= 11 is 0. The highest BCUT2D eigenvalue weighted by Gasteiger charge is 2.44. The maximum Gasteiger partial charge on any atom is 0.254 e. The Morgan fingerprint density at radius 3 is 2.69 bits per heavy atom. The predicted octanol–water partition coefficient (Wildman–Crippen LogP) is 2.72. The molecule has 7 heteroatoms. The fourth-order valence-electron chi connectivity index (χ4n) is 4.75. The Balaban J connectivity index is 1.42. The van der Waals surface area contributed by atoms with Crippen molar-refractivity contribution in [1.82, 2.24) is 24.9 Å². The minimum Gasteiger partial charge on any atom is -0.356 e. The standard InChI is InChI=1S/C22H24N6O/c1-14-12-18(27-20(24-14)16-4-3-9-23-13-16)28-10-7-22(8-11-28)6-5-17-19(22)25-15(2)26-21(17)29/h3-4,9,12-13H,5-8,10-11H2,1-2H3,(H,25,26,29). The van der Waals surface area contributed by atoms with E-state index in [-0.39, 0.29) is 11.0 Å². The Kier molecular flexibility index (Phi) is 4.19. The molecular weight excluding hydrogens is 364 g/mol. The first-order valence-electron chi connectivity index (χ1n) is 10.2. The molecule has 7 nitrogen and oxygen atoms in total. The molecule has 2 aliphatic rings. The van der Waals surface area contributed by atoms with Crippen LogP contribution in [0.2, 0.25) is 0 Å². The zero-order chi connectivity index (χ0) is 20.0. The number of piperidine rings is 1. The quantitative estimate of drug-likeness (QED) is 0.726. The maximum absolute atomic E-state index is 12.3. The molecule has 0 bridgehead atoms. The lowest BCUT2D eigenvalue weighted by atomic mass is 9.76. The summed E-state index contributed by atoms with van der Waals surface area (Å²) in [5.41, 5.74) is 3.87. The van der Waals surface area contributed by atoms with Gasteiger partial charge in [-0.15, -0.1) is 0 Å². The zero-order valence-corrected chi connectivity index (χ0v) is 16.8. The van der Waals surface area contributed by atoms with Gasteiger partial charge in [-0.1, -0.05) is 0 Å². The second kappa shape index (κ2) is 6.76. The molecular formula is C22H24N6O. The van der Waals surface area contributed by atoms with Gasteiger partial charge < -0.3 is 9.88 Å². The molecule has 1 aliphatic carbocycles. The Bertz CT molecular complexity index is 1120. The number of pyridine rings is 1. The van der Waals surface area contributed by atoms with Crippen LogP contribution in [0.15, 0.2) is 35.4 Å². The Hall–Kier alpha value is -3.09. The van der Waals surface area contributed by atoms with Crippen LogP contribution in [0.4, 0.5) is 5.82 Å². The van der Waals surface area contributed by atoms with Gasteiger partial charge in [-0.2, -0.15) is 0 Å². The van der Waals surface area contributed by atoms with E-state index in [0.717, 1.165) is 67.1 Å². The highest BCUT2D eigenvalue weighted by atomic mass is 16.1. The lowest BCUT2D eigenvalue weighted by Gasteiger charge is -2.40. The molecule has 0 aromatic carbocycles. The number of hydrogen-bond acceptors (Lipinski definition) is 6. The number of hydrogen-bond donors (Lipinski definition) is 1. The number of nitrogens with zero attached hydrogens (tertiary/aromatic N) is 5. The number of anilines is 1. The van der Waals surface area contributed by atoms with Gasteiger partial charge in [0.1, 0.15) is 11.6 Å². The molecule has 4 heterocycles. The van der Waals surface area contributed by atoms with Gasteiger partial charge >= 0.3 is 0 Å². The van der Waals surface area contributed by atoms with Gasteiger partial charge in [-0.3, -0.25) is 9.78 Å². The fraction of sp³-hybridized carbons (Fsp3) is 0.409. The summed E-state index contributed by atoms with van der Waals surface area (Å²) < 4.78 is 0. The van der Waals surface area contributed by atoms with Crippen molar-refractivity contribution < 1.29 is 0 Å². The fourth-order valence-corrected chi connectivity index (χ4v) is 4.75. The summed E-state index contributed by atoms with van der Waals surface area (Å²) in [5, 5.41) is 0. The van der Waals surface area contributed by atoms with Crippen molar-refractivity contribution in [2.45, 2.75) is 44.9 Å². The summed E-state index contributed by atoms with van der Waals surface area (Å²) in [7, 11) is 0. The van der Waals surface area contributed by atoms with Crippen LogP contribution in [0.5, 0.6) is 0 Å². The number of rotatable bonds is 2. The first-order valence-corrected chi connectivity index (χ1v) is 10.2. The van der Waals surface area contributed by atoms with E-state index >= 15 is 0 Å². The van der Waals surface area contributed by atoms with E-state index in [4.69, 9.17) is 9.97 Å². The van der Waals surface area contributed by atoms with E-state index in [1.807, 2.05) is 32.0 Å². The first kappa shape index (κ1) is 18.0. The van der Waals surface area contributed by atoms with Gasteiger partial charge in [0.15, 0.2) is 5.82 Å². The Morgan fingerprint density at radius 2 is 1.93 bits per heavy atom. The molecule has 0 unspecified atom stereocenters. The third-order valence-corrected chi connectivity index (χ3v) is 6.29. The van der Waals surface area contributed by atoms with E-state index in [9.17, 15) is 4.79 Å². The van der Waals surface area contributed by atoms with Crippen molar-refractivity contribution in [1.29, 1.82) is 0 Å². The smallest absolute Gasteiger partial charge is 0.254 e. The molecule has 3 aromatic heterocycles. The lowest BCUT2D eigenvalue weighted by molar-refractivity contribution is 0.321. The van der Waals surface area contributed by atoms with Crippen molar-refractivity contribution in [3.63, 3.8) is 0 Å². The zero-order valence-electron chi connectivity index (χ0n) is 16.8. The highest BCUT2D eigenvalue weighted by molar-refractivity contribution is 5.57. The van der Waals surface area contributed by atoms with Crippen molar-refractivity contribution in [2.24, 2.45) is 0 Å². The molecule has 3 aromatic rings. The molecule has 1 saturated heterocycles. The molecule has 1 N–H and O–H groups in total. The van der Waals surface area contributed by atoms with Crippen molar-refractivity contribution >= 4 is 5.82 Å². The molecule has 1 spiro atoms. The number of fused-ring (bicyclic) bond motifs is 2. The van der Waals surface area contributed by atoms with Crippen LogP contribution < -0.4 is 10.5 Å². The molecule has 0 atom stereocenters. The van der Waals surface area contributed by atoms with Gasteiger partial charge in [0.2, 0.25) is 0 Å². The second-order valence-electron chi connectivity index (χ2n) is 8.18. The molecule has 0 saturated carbocycles. The minimum absolute atomic E-state index is 0.0269. The van der Waals surface area contributed by atoms with Crippen molar-refractivity contribution in [3.05, 3.63) is 63.7 Å². The van der Waals surface area contributed by atoms with Crippen molar-refractivity contribution in [3.8, 4) is 11.4 Å². The van der Waals surface area contributed by atoms with Crippen molar-refractivity contribution in [2.75, 3.05) is 18.0 Å². The highest BCUT2D eigenvalue weighted by Crippen LogP contribution is 2.44. The van der Waals surface area contributed by atoms with Gasteiger partial charge in [0, 0.05) is 53.8 Å². The summed E-state index contributed by atoms with van der Waals surface area (Å²) in [6.45, 7) is 5.67. The van der Waals surface area contributed by atoms with Crippen LogP contribution in [0.3, 0.4) is 0 Å². The van der Waals surface area contributed by atoms with Crippen LogP contribution in [0.1, 0.15) is 42.0 Å². The molecule has 1 aliphatic heterocycles. The lowest BCUT2D eigenvalue weighted by Crippen LogP contribution is -2.42. The predicted molar refractivity (Wildman–Crippen MR) is 111 cm³/mol. The number of aromatic amines is 1. The summed E-state index contributed by atoms with van der Waals surface area (Å²) in [6, 6.07) is 5.94. The van der Waals surface area contributed by atoms with Crippen LogP contribution >= 0.6 is 0 Å². The summed E-state index contributed by atoms with van der Waals surface area (Å²) in [6.07, 6.45) is 7.37. The van der Waals surface area contributed by atoms with E-state index in [0.29, 0.717) is 11.6 Å². The van der Waals surface area contributed by atoms with Gasteiger partial charge in [0.05, 0.1) is 5.69 Å². The number of nitrogens with one attached hydrogen (secondary N) is 1. The minimum atomic E-state index is 0.0269. The van der Waals surface area contributed by atoms with Crippen LogP contribution in [0.25, 0.3) is 11.4 Å². The molecule has 0 amide bonds. The number of H-pyrrole nitrogens is 1. The second-order valence-corrected chi connectivity index (χ2v) is 8.18. The summed E-state index contributed by atoms with van der Waals surface area (Å²) in [5.74, 6) is 2.38. The van der Waals surface area contributed by atoms with Gasteiger partial charge in [-0.25, -0.2) is 15.0 Å². The third-order valence-electron chi connectivity index (χ3n) is 6.29. The summed E-state index contributed by atoms with van der Waals surface area (Å²) in [4.78, 5) is 35.9.